The smallest absolute Gasteiger partial charge is 0.229 e. The minimum atomic E-state index is -1.29. The Morgan fingerprint density at radius 3 is 2.27 bits per heavy atom. The zero-order chi connectivity index (χ0) is 16.3. The van der Waals surface area contributed by atoms with Crippen LogP contribution in [-0.4, -0.2) is 71.6 Å². The largest absolute Gasteiger partial charge is 0.462 e. The zero-order valence-corrected chi connectivity index (χ0v) is 13.2. The summed E-state index contributed by atoms with van der Waals surface area (Å²) >= 11 is 0. The summed E-state index contributed by atoms with van der Waals surface area (Å²) in [5.74, 6) is 0.549. The molecule has 22 heavy (non-hydrogen) atoms. The van der Waals surface area contributed by atoms with Crippen LogP contribution in [0.15, 0.2) is 24.3 Å². The highest BCUT2D eigenvalue weighted by atomic mass is 16.7. The van der Waals surface area contributed by atoms with E-state index in [1.165, 1.54) is 5.56 Å². The molecule has 0 amide bonds. The first-order valence-corrected chi connectivity index (χ1v) is 7.48. The Labute approximate surface area is 130 Å². The number of benzene rings is 1. The summed E-state index contributed by atoms with van der Waals surface area (Å²) in [6.07, 6.45) is -4.36. The van der Waals surface area contributed by atoms with Crippen molar-refractivity contribution in [2.75, 3.05) is 20.6 Å². The summed E-state index contributed by atoms with van der Waals surface area (Å²) in [5, 5.41) is 29.3. The van der Waals surface area contributed by atoms with E-state index in [1.54, 1.807) is 6.92 Å². The summed E-state index contributed by atoms with van der Waals surface area (Å²) in [6.45, 7) is 2.59. The van der Waals surface area contributed by atoms with Crippen molar-refractivity contribution in [3.05, 3.63) is 29.8 Å². The SMILES string of the molecule is C[C@@H]1O[C@@H](Oc2ccc(CCN(C)C)cc2)[C@H](O)[C@H](O)[C@H]1O. The lowest BCUT2D eigenvalue weighted by Crippen LogP contribution is -2.58. The monoisotopic (exact) mass is 311 g/mol. The Kier molecular flexibility index (Phi) is 5.77. The second-order valence-electron chi connectivity index (χ2n) is 6.00. The molecule has 0 radical (unpaired) electrons. The molecular formula is C16H25NO5. The molecule has 124 valence electrons. The number of aliphatic hydroxyl groups excluding tert-OH is 3. The number of nitrogens with zero attached hydrogens (tertiary/aromatic N) is 1. The molecule has 1 saturated heterocycles. The Morgan fingerprint density at radius 2 is 1.68 bits per heavy atom. The quantitative estimate of drug-likeness (QED) is 0.710. The highest BCUT2D eigenvalue weighted by Gasteiger charge is 2.43. The molecule has 0 aliphatic carbocycles. The van der Waals surface area contributed by atoms with Crippen molar-refractivity contribution in [3.8, 4) is 5.75 Å². The van der Waals surface area contributed by atoms with Gasteiger partial charge in [-0.15, -0.1) is 0 Å². The fraction of sp³-hybridized carbons (Fsp3) is 0.625. The number of aliphatic hydroxyl groups is 3. The van der Waals surface area contributed by atoms with E-state index < -0.39 is 30.7 Å². The first-order chi connectivity index (χ1) is 10.4. The Hall–Kier alpha value is -1.18. The molecular weight excluding hydrogens is 286 g/mol. The van der Waals surface area contributed by atoms with Gasteiger partial charge in [-0.3, -0.25) is 0 Å². The highest BCUT2D eigenvalue weighted by Crippen LogP contribution is 2.24. The van der Waals surface area contributed by atoms with Crippen LogP contribution >= 0.6 is 0 Å². The maximum absolute atomic E-state index is 9.92. The number of ether oxygens (including phenoxy) is 2. The van der Waals surface area contributed by atoms with Crippen LogP contribution in [0.25, 0.3) is 0 Å². The summed E-state index contributed by atoms with van der Waals surface area (Å²) in [6, 6.07) is 7.54. The van der Waals surface area contributed by atoms with Gasteiger partial charge >= 0.3 is 0 Å². The fourth-order valence-corrected chi connectivity index (χ4v) is 2.33. The molecule has 3 N–H and O–H groups in total. The van der Waals surface area contributed by atoms with Crippen LogP contribution in [0.1, 0.15) is 12.5 Å². The Balaban J connectivity index is 1.95. The predicted octanol–water partition coefficient (Wildman–Crippen LogP) is -0.00300. The maximum atomic E-state index is 9.92. The molecule has 5 atom stereocenters. The van der Waals surface area contributed by atoms with Crippen molar-refractivity contribution < 1.29 is 24.8 Å². The van der Waals surface area contributed by atoms with Crippen molar-refractivity contribution in [2.24, 2.45) is 0 Å². The average molecular weight is 311 g/mol. The van der Waals surface area contributed by atoms with E-state index in [0.717, 1.165) is 13.0 Å². The van der Waals surface area contributed by atoms with Crippen molar-refractivity contribution in [2.45, 2.75) is 44.1 Å². The van der Waals surface area contributed by atoms with Gasteiger partial charge in [0.25, 0.3) is 0 Å². The van der Waals surface area contributed by atoms with Gasteiger partial charge in [0.2, 0.25) is 6.29 Å². The third-order valence-corrected chi connectivity index (χ3v) is 3.83. The molecule has 0 bridgehead atoms. The molecule has 1 heterocycles. The third-order valence-electron chi connectivity index (χ3n) is 3.83. The number of rotatable bonds is 5. The molecule has 0 saturated carbocycles. The summed E-state index contributed by atoms with van der Waals surface area (Å²) in [4.78, 5) is 2.12. The average Bonchev–Trinajstić information content (AvgIpc) is 2.49. The van der Waals surface area contributed by atoms with E-state index in [-0.39, 0.29) is 0 Å². The number of hydrogen-bond donors (Lipinski definition) is 3. The lowest BCUT2D eigenvalue weighted by Gasteiger charge is -2.38. The lowest BCUT2D eigenvalue weighted by molar-refractivity contribution is -0.268. The van der Waals surface area contributed by atoms with Gasteiger partial charge in [0, 0.05) is 6.54 Å². The van der Waals surface area contributed by atoms with Gasteiger partial charge in [-0.1, -0.05) is 12.1 Å². The molecule has 1 aliphatic heterocycles. The first kappa shape index (κ1) is 17.2. The molecule has 6 heteroatoms. The van der Waals surface area contributed by atoms with Crippen LogP contribution in [0.4, 0.5) is 0 Å². The van der Waals surface area contributed by atoms with Crippen LogP contribution < -0.4 is 4.74 Å². The fourth-order valence-electron chi connectivity index (χ4n) is 2.33. The van der Waals surface area contributed by atoms with Gasteiger partial charge in [-0.25, -0.2) is 0 Å². The minimum absolute atomic E-state index is 0.549. The van der Waals surface area contributed by atoms with Crippen molar-refractivity contribution in [1.82, 2.24) is 4.90 Å². The summed E-state index contributed by atoms with van der Waals surface area (Å²) in [5.41, 5.74) is 1.19. The van der Waals surface area contributed by atoms with Gasteiger partial charge in [-0.05, 0) is 45.1 Å². The molecule has 1 aromatic rings. The topological polar surface area (TPSA) is 82.4 Å². The molecule has 1 fully saturated rings. The Bertz CT molecular complexity index is 464. The summed E-state index contributed by atoms with van der Waals surface area (Å²) in [7, 11) is 4.06. The zero-order valence-electron chi connectivity index (χ0n) is 13.2. The van der Waals surface area contributed by atoms with E-state index >= 15 is 0 Å². The van der Waals surface area contributed by atoms with Gasteiger partial charge in [-0.2, -0.15) is 0 Å². The van der Waals surface area contributed by atoms with Gasteiger partial charge in [0.1, 0.15) is 24.1 Å². The second-order valence-corrected chi connectivity index (χ2v) is 6.00. The van der Waals surface area contributed by atoms with Crippen molar-refractivity contribution in [3.63, 3.8) is 0 Å². The number of hydrogen-bond acceptors (Lipinski definition) is 6. The molecule has 1 aliphatic rings. The van der Waals surface area contributed by atoms with Gasteiger partial charge in [0.05, 0.1) is 6.10 Å². The minimum Gasteiger partial charge on any atom is -0.462 e. The van der Waals surface area contributed by atoms with Crippen molar-refractivity contribution >= 4 is 0 Å². The predicted molar refractivity (Wildman–Crippen MR) is 81.7 cm³/mol. The van der Waals surface area contributed by atoms with Crippen LogP contribution in [0.3, 0.4) is 0 Å². The molecule has 6 nitrogen and oxygen atoms in total. The van der Waals surface area contributed by atoms with E-state index in [0.29, 0.717) is 5.75 Å². The molecule has 0 spiro atoms. The van der Waals surface area contributed by atoms with Gasteiger partial charge < -0.3 is 29.7 Å². The van der Waals surface area contributed by atoms with Crippen LogP contribution in [0.5, 0.6) is 5.75 Å². The Morgan fingerprint density at radius 1 is 1.05 bits per heavy atom. The first-order valence-electron chi connectivity index (χ1n) is 7.48. The third kappa shape index (κ3) is 4.18. The maximum Gasteiger partial charge on any atom is 0.229 e. The lowest BCUT2D eigenvalue weighted by atomic mass is 10.00. The molecule has 1 aromatic carbocycles. The molecule has 0 aromatic heterocycles. The number of likely N-dealkylation sites (N-methyl/N-ethyl adjacent to an activating group) is 1. The molecule has 2 rings (SSSR count). The van der Waals surface area contributed by atoms with E-state index in [2.05, 4.69) is 4.90 Å². The van der Waals surface area contributed by atoms with E-state index in [4.69, 9.17) is 9.47 Å². The summed E-state index contributed by atoms with van der Waals surface area (Å²) < 4.78 is 11.0. The van der Waals surface area contributed by atoms with E-state index in [1.807, 2.05) is 38.4 Å². The molecule has 0 unspecified atom stereocenters. The van der Waals surface area contributed by atoms with Crippen LogP contribution in [0, 0.1) is 0 Å². The van der Waals surface area contributed by atoms with Crippen LogP contribution in [-0.2, 0) is 11.2 Å². The highest BCUT2D eigenvalue weighted by molar-refractivity contribution is 5.27. The van der Waals surface area contributed by atoms with E-state index in [9.17, 15) is 15.3 Å². The second kappa shape index (κ2) is 7.39. The van der Waals surface area contributed by atoms with Crippen molar-refractivity contribution in [1.29, 1.82) is 0 Å². The van der Waals surface area contributed by atoms with Gasteiger partial charge in [0.15, 0.2) is 0 Å². The van der Waals surface area contributed by atoms with Crippen LogP contribution in [0.2, 0.25) is 0 Å². The standard InChI is InChI=1S/C16H25NO5/c1-10-13(18)14(19)15(20)16(21-10)22-12-6-4-11(5-7-12)8-9-17(2)3/h4-7,10,13-16,18-20H,8-9H2,1-3H3/t10-,13-,14+,15+,16-/m0/s1. The normalized spacial score (nSPS) is 32.2.